The van der Waals surface area contributed by atoms with Crippen molar-refractivity contribution in [2.24, 2.45) is 0 Å². The number of ketones is 1. The van der Waals surface area contributed by atoms with Crippen LogP contribution in [0.25, 0.3) is 0 Å². The SMILES string of the molecule is CC(=O)C(=O)Oc1c[nH]c(=O)[nH]c1=O. The predicted octanol–water partition coefficient (Wildman–Crippen LogP) is -1.44. The minimum atomic E-state index is -1.16. The molecule has 0 aliphatic heterocycles. The van der Waals surface area contributed by atoms with Crippen molar-refractivity contribution in [3.05, 3.63) is 27.0 Å². The van der Waals surface area contributed by atoms with E-state index in [0.29, 0.717) is 0 Å². The number of carbonyl (C=O) groups is 2. The summed E-state index contributed by atoms with van der Waals surface area (Å²) in [4.78, 5) is 46.6. The minimum absolute atomic E-state index is 0.426. The summed E-state index contributed by atoms with van der Waals surface area (Å²) in [6, 6.07) is 0. The first kappa shape index (κ1) is 9.90. The van der Waals surface area contributed by atoms with Crippen LogP contribution >= 0.6 is 0 Å². The Balaban J connectivity index is 2.99. The standard InChI is InChI=1S/C7H6N2O5/c1-3(10)6(12)14-4-2-8-7(13)9-5(4)11/h2H,1H3,(H2,8,9,11,13). The average Bonchev–Trinajstić information content (AvgIpc) is 2.09. The maximum Gasteiger partial charge on any atom is 0.379 e. The summed E-state index contributed by atoms with van der Waals surface area (Å²) < 4.78 is 4.36. The summed E-state index contributed by atoms with van der Waals surface area (Å²) in [5.74, 6) is -2.43. The highest BCUT2D eigenvalue weighted by Crippen LogP contribution is 1.96. The maximum atomic E-state index is 10.9. The molecule has 0 aromatic carbocycles. The van der Waals surface area contributed by atoms with Gasteiger partial charge in [0, 0.05) is 6.92 Å². The van der Waals surface area contributed by atoms with Gasteiger partial charge in [0.05, 0.1) is 6.20 Å². The van der Waals surface area contributed by atoms with Crippen molar-refractivity contribution >= 4 is 11.8 Å². The van der Waals surface area contributed by atoms with Crippen LogP contribution in [0, 0.1) is 0 Å². The number of H-pyrrole nitrogens is 2. The van der Waals surface area contributed by atoms with Crippen LogP contribution in [0.4, 0.5) is 0 Å². The van der Waals surface area contributed by atoms with Gasteiger partial charge in [-0.1, -0.05) is 0 Å². The van der Waals surface area contributed by atoms with E-state index >= 15 is 0 Å². The van der Waals surface area contributed by atoms with Gasteiger partial charge in [-0.15, -0.1) is 0 Å². The lowest BCUT2D eigenvalue weighted by Crippen LogP contribution is -2.26. The average molecular weight is 198 g/mol. The van der Waals surface area contributed by atoms with Crippen molar-refractivity contribution in [1.29, 1.82) is 0 Å². The third kappa shape index (κ3) is 2.16. The van der Waals surface area contributed by atoms with Gasteiger partial charge in [0.25, 0.3) is 5.56 Å². The van der Waals surface area contributed by atoms with E-state index in [-0.39, 0.29) is 0 Å². The van der Waals surface area contributed by atoms with E-state index in [1.165, 1.54) is 0 Å². The molecule has 0 radical (unpaired) electrons. The van der Waals surface area contributed by atoms with Gasteiger partial charge in [-0.25, -0.2) is 9.59 Å². The third-order valence-corrected chi connectivity index (χ3v) is 1.28. The van der Waals surface area contributed by atoms with Gasteiger partial charge in [-0.05, 0) is 0 Å². The maximum absolute atomic E-state index is 10.9. The Morgan fingerprint density at radius 1 is 1.36 bits per heavy atom. The number of Topliss-reactive ketones (excluding diaryl/α,β-unsaturated/α-hetero) is 1. The monoisotopic (exact) mass is 198 g/mol. The summed E-state index contributed by atoms with van der Waals surface area (Å²) in [7, 11) is 0. The fourth-order valence-electron chi connectivity index (χ4n) is 0.645. The molecule has 1 heterocycles. The van der Waals surface area contributed by atoms with E-state index in [1.54, 1.807) is 0 Å². The molecule has 0 fully saturated rings. The molecule has 0 atom stereocenters. The van der Waals surface area contributed by atoms with E-state index in [2.05, 4.69) is 9.72 Å². The number of aromatic nitrogens is 2. The minimum Gasteiger partial charge on any atom is -0.413 e. The van der Waals surface area contributed by atoms with Gasteiger partial charge in [0.15, 0.2) is 0 Å². The van der Waals surface area contributed by atoms with Crippen LogP contribution in [0.2, 0.25) is 0 Å². The number of hydrogen-bond acceptors (Lipinski definition) is 5. The summed E-state index contributed by atoms with van der Waals surface area (Å²) in [5.41, 5.74) is -1.60. The Kier molecular flexibility index (Phi) is 2.61. The number of aromatic amines is 2. The molecule has 0 saturated heterocycles. The Hall–Kier alpha value is -2.18. The number of rotatable bonds is 2. The topological polar surface area (TPSA) is 109 Å². The molecule has 0 aliphatic carbocycles. The van der Waals surface area contributed by atoms with E-state index in [9.17, 15) is 19.2 Å². The lowest BCUT2D eigenvalue weighted by atomic mass is 10.4. The highest BCUT2D eigenvalue weighted by molar-refractivity contribution is 6.33. The van der Waals surface area contributed by atoms with Crippen molar-refractivity contribution in [2.45, 2.75) is 6.92 Å². The summed E-state index contributed by atoms with van der Waals surface area (Å²) in [6.45, 7) is 1.00. The lowest BCUT2D eigenvalue weighted by molar-refractivity contribution is -0.146. The first-order valence-electron chi connectivity index (χ1n) is 3.55. The molecule has 7 nitrogen and oxygen atoms in total. The van der Waals surface area contributed by atoms with Gasteiger partial charge in [0.1, 0.15) is 0 Å². The zero-order valence-electron chi connectivity index (χ0n) is 7.12. The largest absolute Gasteiger partial charge is 0.413 e. The Morgan fingerprint density at radius 3 is 2.50 bits per heavy atom. The van der Waals surface area contributed by atoms with Gasteiger partial charge < -0.3 is 9.72 Å². The summed E-state index contributed by atoms with van der Waals surface area (Å²) in [5, 5.41) is 0. The van der Waals surface area contributed by atoms with Crippen molar-refractivity contribution in [1.82, 2.24) is 9.97 Å². The first-order valence-corrected chi connectivity index (χ1v) is 3.55. The van der Waals surface area contributed by atoms with Gasteiger partial charge >= 0.3 is 11.7 Å². The molecule has 0 bridgehead atoms. The second kappa shape index (κ2) is 3.69. The highest BCUT2D eigenvalue weighted by atomic mass is 16.5. The molecule has 0 spiro atoms. The van der Waals surface area contributed by atoms with Crippen molar-refractivity contribution in [3.63, 3.8) is 0 Å². The molecule has 2 N–H and O–H groups in total. The molecule has 1 aromatic heterocycles. The van der Waals surface area contributed by atoms with Crippen LogP contribution in [0.1, 0.15) is 6.92 Å². The normalized spacial score (nSPS) is 9.50. The molecule has 1 rings (SSSR count). The molecule has 7 heteroatoms. The van der Waals surface area contributed by atoms with Gasteiger partial charge in [-0.2, -0.15) is 0 Å². The van der Waals surface area contributed by atoms with E-state index < -0.39 is 28.8 Å². The zero-order valence-corrected chi connectivity index (χ0v) is 7.12. The van der Waals surface area contributed by atoms with E-state index in [4.69, 9.17) is 0 Å². The van der Waals surface area contributed by atoms with Crippen molar-refractivity contribution in [2.75, 3.05) is 0 Å². The Bertz CT molecular complexity index is 483. The van der Waals surface area contributed by atoms with Gasteiger partial charge in [0.2, 0.25) is 11.5 Å². The van der Waals surface area contributed by atoms with E-state index in [1.807, 2.05) is 4.98 Å². The number of carbonyl (C=O) groups excluding carboxylic acids is 2. The number of nitrogens with one attached hydrogen (secondary N) is 2. The fraction of sp³-hybridized carbons (Fsp3) is 0.143. The van der Waals surface area contributed by atoms with Crippen LogP contribution in [-0.2, 0) is 9.59 Å². The molecule has 14 heavy (non-hydrogen) atoms. The Morgan fingerprint density at radius 2 is 2.00 bits per heavy atom. The second-order valence-electron chi connectivity index (χ2n) is 2.38. The van der Waals surface area contributed by atoms with E-state index in [0.717, 1.165) is 13.1 Å². The third-order valence-electron chi connectivity index (χ3n) is 1.28. The van der Waals surface area contributed by atoms with Crippen LogP contribution in [0.3, 0.4) is 0 Å². The second-order valence-corrected chi connectivity index (χ2v) is 2.38. The van der Waals surface area contributed by atoms with Gasteiger partial charge in [-0.3, -0.25) is 14.6 Å². The smallest absolute Gasteiger partial charge is 0.379 e. The number of ether oxygens (including phenoxy) is 1. The molecular formula is C7H6N2O5. The first-order chi connectivity index (χ1) is 6.50. The molecule has 1 aromatic rings. The quantitative estimate of drug-likeness (QED) is 0.446. The molecule has 0 aliphatic rings. The lowest BCUT2D eigenvalue weighted by Gasteiger charge is -1.98. The molecule has 0 amide bonds. The molecule has 0 unspecified atom stereocenters. The van der Waals surface area contributed by atoms with Crippen LogP contribution < -0.4 is 16.0 Å². The highest BCUT2D eigenvalue weighted by Gasteiger charge is 2.12. The molecule has 74 valence electrons. The number of esters is 1. The predicted molar refractivity (Wildman–Crippen MR) is 44.0 cm³/mol. The molecular weight excluding hydrogens is 192 g/mol. The van der Waals surface area contributed by atoms with Crippen LogP contribution in [0.15, 0.2) is 15.8 Å². The van der Waals surface area contributed by atoms with Crippen LogP contribution in [0.5, 0.6) is 5.75 Å². The van der Waals surface area contributed by atoms with Crippen molar-refractivity contribution < 1.29 is 14.3 Å². The van der Waals surface area contributed by atoms with Crippen molar-refractivity contribution in [3.8, 4) is 5.75 Å². The summed E-state index contributed by atoms with van der Waals surface area (Å²) in [6.07, 6.45) is 0.905. The molecule has 0 saturated carbocycles. The summed E-state index contributed by atoms with van der Waals surface area (Å²) >= 11 is 0. The fourth-order valence-corrected chi connectivity index (χ4v) is 0.645. The van der Waals surface area contributed by atoms with Crippen LogP contribution in [-0.4, -0.2) is 21.7 Å². The number of hydrogen-bond donors (Lipinski definition) is 2. The zero-order chi connectivity index (χ0) is 10.7. The Labute approximate surface area is 76.7 Å².